The summed E-state index contributed by atoms with van der Waals surface area (Å²) in [6, 6.07) is 2.52. The Morgan fingerprint density at radius 1 is 1.24 bits per heavy atom. The van der Waals surface area contributed by atoms with Gasteiger partial charge in [0.25, 0.3) is 6.08 Å². The zero-order chi connectivity index (χ0) is 32.3. The van der Waals surface area contributed by atoms with Gasteiger partial charge in [-0.15, -0.1) is 0 Å². The number of halogens is 5. The summed E-state index contributed by atoms with van der Waals surface area (Å²) in [7, 11) is 0. The summed E-state index contributed by atoms with van der Waals surface area (Å²) in [5, 5.41) is 20.9. The number of rotatable bonds is 6. The number of aliphatic hydroxyl groups excluding tert-OH is 1. The molecule has 0 radical (unpaired) electrons. The molecule has 4 N–H and O–H groups in total. The molecule has 4 atom stereocenters. The third-order valence-electron chi connectivity index (χ3n) is 9.58. The van der Waals surface area contributed by atoms with Crippen molar-refractivity contribution in [2.24, 2.45) is 5.92 Å². The Morgan fingerprint density at radius 3 is 2.73 bits per heavy atom. The van der Waals surface area contributed by atoms with Crippen molar-refractivity contribution in [3.63, 3.8) is 0 Å². The Bertz CT molecular complexity index is 1500. The van der Waals surface area contributed by atoms with Crippen molar-refractivity contribution in [3.05, 3.63) is 51.7 Å². The predicted octanol–water partition coefficient (Wildman–Crippen LogP) is 4.54. The SMILES string of the molecule is Cc1cc(N)cc([C@@H]2Cc3nc(OC[C@@]45CCCN4CC(=C(F)F)C5)nc(N4C[C@H](CO)C[C@@](C)(O)C4)c3CO2)c1C(F)(F)F. The number of aromatic nitrogens is 2. The Balaban J connectivity index is 1.37. The minimum atomic E-state index is -4.64. The van der Waals surface area contributed by atoms with Gasteiger partial charge in [0.15, 0.2) is 0 Å². The molecule has 0 saturated carbocycles. The number of hydrogen-bond acceptors (Lipinski definition) is 9. The number of β-amino-alcohol motifs (C(OH)–C–C–N with tert-alkyl or cyclic N) is 1. The quantitative estimate of drug-likeness (QED) is 0.310. The topological polar surface area (TPSA) is 117 Å². The first kappa shape index (κ1) is 31.9. The van der Waals surface area contributed by atoms with Gasteiger partial charge in [-0.25, -0.2) is 0 Å². The number of ether oxygens (including phenoxy) is 2. The molecule has 3 saturated heterocycles. The fourth-order valence-electron chi connectivity index (χ4n) is 7.73. The van der Waals surface area contributed by atoms with Crippen LogP contribution in [0.3, 0.4) is 0 Å². The van der Waals surface area contributed by atoms with Gasteiger partial charge in [0, 0.05) is 55.4 Å². The normalized spacial score (nSPS) is 28.7. The minimum Gasteiger partial charge on any atom is -0.461 e. The second kappa shape index (κ2) is 11.6. The molecule has 246 valence electrons. The van der Waals surface area contributed by atoms with E-state index in [1.807, 2.05) is 9.80 Å². The zero-order valence-corrected chi connectivity index (χ0v) is 25.3. The van der Waals surface area contributed by atoms with Gasteiger partial charge in [-0.2, -0.15) is 31.9 Å². The highest BCUT2D eigenvalue weighted by atomic mass is 19.4. The molecule has 2 aromatic rings. The number of aryl methyl sites for hydroxylation is 1. The van der Waals surface area contributed by atoms with Crippen molar-refractivity contribution < 1.29 is 41.6 Å². The molecular formula is C31H38F5N5O4. The van der Waals surface area contributed by atoms with Crippen LogP contribution in [0, 0.1) is 12.8 Å². The third-order valence-corrected chi connectivity index (χ3v) is 9.58. The summed E-state index contributed by atoms with van der Waals surface area (Å²) >= 11 is 0. The average Bonchev–Trinajstić information content (AvgIpc) is 3.51. The molecule has 14 heteroatoms. The van der Waals surface area contributed by atoms with Crippen molar-refractivity contribution in [1.82, 2.24) is 14.9 Å². The van der Waals surface area contributed by atoms with Crippen LogP contribution in [0.4, 0.5) is 33.5 Å². The lowest BCUT2D eigenvalue weighted by molar-refractivity contribution is -0.140. The number of nitrogens with zero attached hydrogens (tertiary/aromatic N) is 4. The molecule has 0 unspecified atom stereocenters. The first-order valence-corrected chi connectivity index (χ1v) is 15.2. The second-order valence-electron chi connectivity index (χ2n) is 13.3. The van der Waals surface area contributed by atoms with Crippen LogP contribution in [0.25, 0.3) is 0 Å². The first-order valence-electron chi connectivity index (χ1n) is 15.2. The molecular weight excluding hydrogens is 601 g/mol. The zero-order valence-electron chi connectivity index (χ0n) is 25.3. The van der Waals surface area contributed by atoms with E-state index >= 15 is 0 Å². The van der Waals surface area contributed by atoms with Gasteiger partial charge in [-0.1, -0.05) is 0 Å². The standard InChI is InChI=1S/C31H38F5N5O4/c1-17-6-20(37)7-21(25(17)31(34,35)36)24-8-23-22(14-44-24)27(40-11-18(13-42)9-29(2,43)15-40)39-28(38-23)45-16-30-4-3-5-41(30)12-19(10-30)26(32)33/h6-7,18,24,42-43H,3-5,8-16,37H2,1-2H3/t18-,24+,29-,30+/m1/s1. The molecule has 5 heterocycles. The number of benzene rings is 1. The molecule has 1 aromatic carbocycles. The molecule has 4 aliphatic heterocycles. The summed E-state index contributed by atoms with van der Waals surface area (Å²) in [6.07, 6.45) is -5.30. The summed E-state index contributed by atoms with van der Waals surface area (Å²) in [4.78, 5) is 13.2. The maximum Gasteiger partial charge on any atom is 0.417 e. The van der Waals surface area contributed by atoms with E-state index in [9.17, 15) is 32.2 Å². The molecule has 6 rings (SSSR count). The number of nitrogen functional groups attached to an aromatic ring is 1. The van der Waals surface area contributed by atoms with Gasteiger partial charge < -0.3 is 30.3 Å². The Labute approximate surface area is 257 Å². The second-order valence-corrected chi connectivity index (χ2v) is 13.3. The van der Waals surface area contributed by atoms with Crippen LogP contribution in [-0.2, 0) is 23.9 Å². The van der Waals surface area contributed by atoms with Gasteiger partial charge >= 0.3 is 12.2 Å². The van der Waals surface area contributed by atoms with Crippen LogP contribution in [0.2, 0.25) is 0 Å². The maximum atomic E-state index is 14.2. The number of aliphatic hydroxyl groups is 2. The van der Waals surface area contributed by atoms with Gasteiger partial charge in [0.2, 0.25) is 0 Å². The molecule has 0 aliphatic carbocycles. The van der Waals surface area contributed by atoms with Crippen molar-refractivity contribution >= 4 is 11.5 Å². The van der Waals surface area contributed by atoms with Crippen LogP contribution in [0.5, 0.6) is 6.01 Å². The van der Waals surface area contributed by atoms with Crippen LogP contribution >= 0.6 is 0 Å². The van der Waals surface area contributed by atoms with Crippen LogP contribution in [-0.4, -0.2) is 75.6 Å². The number of alkyl halides is 3. The van der Waals surface area contributed by atoms with Crippen LogP contribution < -0.4 is 15.4 Å². The lowest BCUT2D eigenvalue weighted by Crippen LogP contribution is -2.51. The Kier molecular flexibility index (Phi) is 8.24. The van der Waals surface area contributed by atoms with E-state index in [0.717, 1.165) is 6.42 Å². The lowest BCUT2D eigenvalue weighted by atomic mass is 9.87. The van der Waals surface area contributed by atoms with E-state index in [1.165, 1.54) is 19.1 Å². The van der Waals surface area contributed by atoms with Crippen molar-refractivity contribution in [3.8, 4) is 6.01 Å². The first-order chi connectivity index (χ1) is 21.2. The highest BCUT2D eigenvalue weighted by Gasteiger charge is 2.48. The van der Waals surface area contributed by atoms with Crippen molar-refractivity contribution in [2.45, 2.75) is 76.0 Å². The van der Waals surface area contributed by atoms with Crippen LogP contribution in [0.15, 0.2) is 23.8 Å². The summed E-state index contributed by atoms with van der Waals surface area (Å²) in [5.74, 6) is 0.144. The van der Waals surface area contributed by atoms with Crippen LogP contribution in [0.1, 0.15) is 66.7 Å². The van der Waals surface area contributed by atoms with E-state index < -0.39 is 35.1 Å². The molecule has 3 fully saturated rings. The summed E-state index contributed by atoms with van der Waals surface area (Å²) in [5.41, 5.74) is 4.53. The predicted molar refractivity (Wildman–Crippen MR) is 155 cm³/mol. The number of piperidine rings is 1. The Morgan fingerprint density at radius 2 is 2.02 bits per heavy atom. The summed E-state index contributed by atoms with van der Waals surface area (Å²) < 4.78 is 81.9. The summed E-state index contributed by atoms with van der Waals surface area (Å²) in [6.45, 7) is 4.22. The third kappa shape index (κ3) is 6.21. The number of fused-ring (bicyclic) bond motifs is 2. The molecule has 9 nitrogen and oxygen atoms in total. The van der Waals surface area contributed by atoms with Crippen molar-refractivity contribution in [2.75, 3.05) is 50.0 Å². The fourth-order valence-corrected chi connectivity index (χ4v) is 7.73. The molecule has 0 bridgehead atoms. The van der Waals surface area contributed by atoms with Crippen molar-refractivity contribution in [1.29, 1.82) is 0 Å². The minimum absolute atomic E-state index is 0.0139. The number of nitrogens with two attached hydrogens (primary N) is 1. The highest BCUT2D eigenvalue weighted by molar-refractivity contribution is 5.54. The smallest absolute Gasteiger partial charge is 0.417 e. The van der Waals surface area contributed by atoms with E-state index in [-0.39, 0.29) is 80.1 Å². The fraction of sp³-hybridized carbons (Fsp3) is 0.613. The average molecular weight is 640 g/mol. The largest absolute Gasteiger partial charge is 0.461 e. The molecule has 0 spiro atoms. The van der Waals surface area contributed by atoms with E-state index in [1.54, 1.807) is 6.92 Å². The highest BCUT2D eigenvalue weighted by Crippen LogP contribution is 2.45. The maximum absolute atomic E-state index is 14.2. The Hall–Kier alpha value is -3.07. The van der Waals surface area contributed by atoms with E-state index in [2.05, 4.69) is 4.98 Å². The van der Waals surface area contributed by atoms with Gasteiger partial charge in [0.05, 0.1) is 35.1 Å². The molecule has 45 heavy (non-hydrogen) atoms. The molecule has 4 aliphatic rings. The molecule has 0 amide bonds. The number of hydrogen-bond donors (Lipinski definition) is 3. The molecule has 1 aromatic heterocycles. The number of anilines is 2. The van der Waals surface area contributed by atoms with Gasteiger partial charge in [-0.3, -0.25) is 4.90 Å². The van der Waals surface area contributed by atoms with E-state index in [0.29, 0.717) is 43.0 Å². The monoisotopic (exact) mass is 639 g/mol. The van der Waals surface area contributed by atoms with Gasteiger partial charge in [0.1, 0.15) is 12.4 Å². The van der Waals surface area contributed by atoms with E-state index in [4.69, 9.17) is 20.2 Å². The van der Waals surface area contributed by atoms with Gasteiger partial charge in [-0.05, 0) is 69.3 Å². The lowest BCUT2D eigenvalue weighted by Gasteiger charge is -2.42.